The molecule has 0 saturated heterocycles. The molecule has 0 atom stereocenters. The number of benzene rings is 1. The lowest BCUT2D eigenvalue weighted by Gasteiger charge is -2.08. The minimum Gasteiger partial charge on any atom is -0.398 e. The molecule has 18 heavy (non-hydrogen) atoms. The van der Waals surface area contributed by atoms with Crippen LogP contribution in [0.1, 0.15) is 18.4 Å². The molecule has 0 aliphatic carbocycles. The number of nitrogen functional groups attached to an aromatic ring is 1. The Morgan fingerprint density at radius 1 is 1.44 bits per heavy atom. The van der Waals surface area contributed by atoms with E-state index in [9.17, 15) is 8.42 Å². The lowest BCUT2D eigenvalue weighted by molar-refractivity contribution is 0.580. The number of nitrogens with one attached hydrogen (secondary N) is 1. The van der Waals surface area contributed by atoms with Gasteiger partial charge in [-0.2, -0.15) is 5.26 Å². The maximum Gasteiger partial charge on any atom is 0.242 e. The van der Waals surface area contributed by atoms with Crippen molar-refractivity contribution in [2.45, 2.75) is 17.7 Å². The van der Waals surface area contributed by atoms with Crippen molar-refractivity contribution in [1.82, 2.24) is 4.72 Å². The van der Waals surface area contributed by atoms with Gasteiger partial charge in [0, 0.05) is 13.0 Å². The third-order valence-electron chi connectivity index (χ3n) is 2.22. The van der Waals surface area contributed by atoms with Crippen molar-refractivity contribution >= 4 is 15.7 Å². The number of sulfonamides is 1. The fourth-order valence-electron chi connectivity index (χ4n) is 1.34. The van der Waals surface area contributed by atoms with Crippen LogP contribution >= 0.6 is 0 Å². The van der Waals surface area contributed by atoms with Gasteiger partial charge in [-0.15, -0.1) is 12.3 Å². The standard InChI is InChI=1S/C12H13N3O2S/c1-2-3-4-7-15-18(16,17)12-6-5-10(9-13)8-11(12)14/h1,5-6,8,15H,3-4,7,14H2. The van der Waals surface area contributed by atoms with E-state index in [-0.39, 0.29) is 17.1 Å². The fraction of sp³-hybridized carbons (Fsp3) is 0.250. The van der Waals surface area contributed by atoms with E-state index in [1.54, 1.807) is 0 Å². The van der Waals surface area contributed by atoms with Gasteiger partial charge in [0.25, 0.3) is 0 Å². The van der Waals surface area contributed by atoms with Gasteiger partial charge in [0.1, 0.15) is 4.90 Å². The number of anilines is 1. The molecule has 0 bridgehead atoms. The maximum absolute atomic E-state index is 11.9. The summed E-state index contributed by atoms with van der Waals surface area (Å²) in [5.74, 6) is 2.42. The first kappa shape index (κ1) is 14.0. The molecule has 0 aromatic heterocycles. The predicted octanol–water partition coefficient (Wildman–Crippen LogP) is 0.832. The summed E-state index contributed by atoms with van der Waals surface area (Å²) < 4.78 is 26.2. The molecule has 1 aromatic carbocycles. The normalized spacial score (nSPS) is 10.6. The van der Waals surface area contributed by atoms with Crippen LogP contribution in [-0.2, 0) is 10.0 Å². The highest BCUT2D eigenvalue weighted by Gasteiger charge is 2.16. The van der Waals surface area contributed by atoms with E-state index in [4.69, 9.17) is 17.4 Å². The number of rotatable bonds is 5. The Morgan fingerprint density at radius 3 is 2.72 bits per heavy atom. The van der Waals surface area contributed by atoms with E-state index in [0.717, 1.165) is 0 Å². The molecule has 0 radical (unpaired) electrons. The highest BCUT2D eigenvalue weighted by atomic mass is 32.2. The summed E-state index contributed by atoms with van der Waals surface area (Å²) in [5.41, 5.74) is 5.98. The van der Waals surface area contributed by atoms with E-state index < -0.39 is 10.0 Å². The predicted molar refractivity (Wildman–Crippen MR) is 68.8 cm³/mol. The molecule has 0 heterocycles. The second-order valence-electron chi connectivity index (χ2n) is 3.57. The molecule has 6 heteroatoms. The molecule has 0 saturated carbocycles. The third-order valence-corrected chi connectivity index (χ3v) is 3.75. The Kier molecular flexibility index (Phi) is 4.73. The first-order chi connectivity index (χ1) is 8.51. The smallest absolute Gasteiger partial charge is 0.242 e. The Hall–Kier alpha value is -2.02. The number of nitriles is 1. The van der Waals surface area contributed by atoms with Gasteiger partial charge in [-0.05, 0) is 24.6 Å². The molecule has 0 unspecified atom stereocenters. The monoisotopic (exact) mass is 263 g/mol. The van der Waals surface area contributed by atoms with Crippen LogP contribution in [0.15, 0.2) is 23.1 Å². The Morgan fingerprint density at radius 2 is 2.17 bits per heavy atom. The van der Waals surface area contributed by atoms with Crippen LogP contribution in [0.3, 0.4) is 0 Å². The highest BCUT2D eigenvalue weighted by Crippen LogP contribution is 2.19. The topological polar surface area (TPSA) is 96.0 Å². The Bertz CT molecular complexity index is 609. The quantitative estimate of drug-likeness (QED) is 0.467. The third kappa shape index (κ3) is 3.49. The summed E-state index contributed by atoms with van der Waals surface area (Å²) in [6, 6.07) is 5.94. The number of hydrogen-bond acceptors (Lipinski definition) is 4. The molecule has 0 amide bonds. The van der Waals surface area contributed by atoms with E-state index in [2.05, 4.69) is 10.6 Å². The van der Waals surface area contributed by atoms with E-state index in [0.29, 0.717) is 18.4 Å². The zero-order valence-corrected chi connectivity index (χ0v) is 10.5. The summed E-state index contributed by atoms with van der Waals surface area (Å²) in [4.78, 5) is -0.0257. The van der Waals surface area contributed by atoms with Crippen LogP contribution in [0.4, 0.5) is 5.69 Å². The molecule has 5 nitrogen and oxygen atoms in total. The van der Waals surface area contributed by atoms with Gasteiger partial charge in [0.2, 0.25) is 10.0 Å². The van der Waals surface area contributed by atoms with Crippen LogP contribution in [-0.4, -0.2) is 15.0 Å². The van der Waals surface area contributed by atoms with Crippen molar-refractivity contribution in [2.24, 2.45) is 0 Å². The SMILES string of the molecule is C#CCCCNS(=O)(=O)c1ccc(C#N)cc1N. The molecule has 1 aromatic rings. The van der Waals surface area contributed by atoms with Crippen molar-refractivity contribution < 1.29 is 8.42 Å². The Labute approximate surface area is 107 Å². The highest BCUT2D eigenvalue weighted by molar-refractivity contribution is 7.89. The fourth-order valence-corrected chi connectivity index (χ4v) is 2.52. The molecule has 0 fully saturated rings. The van der Waals surface area contributed by atoms with Crippen molar-refractivity contribution in [3.05, 3.63) is 23.8 Å². The maximum atomic E-state index is 11.9. The van der Waals surface area contributed by atoms with E-state index in [1.165, 1.54) is 18.2 Å². The van der Waals surface area contributed by atoms with Crippen LogP contribution in [0, 0.1) is 23.7 Å². The van der Waals surface area contributed by atoms with Gasteiger partial charge >= 0.3 is 0 Å². The summed E-state index contributed by atoms with van der Waals surface area (Å²) in [7, 11) is -3.65. The van der Waals surface area contributed by atoms with Gasteiger partial charge in [-0.1, -0.05) is 0 Å². The van der Waals surface area contributed by atoms with Crippen LogP contribution in [0.25, 0.3) is 0 Å². The van der Waals surface area contributed by atoms with Gasteiger partial charge in [0.15, 0.2) is 0 Å². The van der Waals surface area contributed by atoms with E-state index in [1.807, 2.05) is 6.07 Å². The van der Waals surface area contributed by atoms with Gasteiger partial charge < -0.3 is 5.73 Å². The van der Waals surface area contributed by atoms with Gasteiger partial charge in [-0.3, -0.25) is 0 Å². The van der Waals surface area contributed by atoms with Crippen LogP contribution in [0.5, 0.6) is 0 Å². The zero-order valence-electron chi connectivity index (χ0n) is 9.68. The summed E-state index contributed by atoms with van der Waals surface area (Å²) in [6.07, 6.45) is 6.13. The first-order valence-electron chi connectivity index (χ1n) is 5.24. The Balaban J connectivity index is 2.86. The molecular weight excluding hydrogens is 250 g/mol. The summed E-state index contributed by atoms with van der Waals surface area (Å²) in [6.45, 7) is 0.256. The summed E-state index contributed by atoms with van der Waals surface area (Å²) in [5, 5.41) is 8.67. The largest absolute Gasteiger partial charge is 0.398 e. The molecule has 1 rings (SSSR count). The van der Waals surface area contributed by atoms with Crippen LogP contribution in [0.2, 0.25) is 0 Å². The second kappa shape index (κ2) is 6.06. The second-order valence-corrected chi connectivity index (χ2v) is 5.31. The average Bonchev–Trinajstić information content (AvgIpc) is 2.34. The number of terminal acetylenes is 1. The molecular formula is C12H13N3O2S. The van der Waals surface area contributed by atoms with Gasteiger partial charge in [0.05, 0.1) is 17.3 Å². The molecule has 3 N–H and O–H groups in total. The number of unbranched alkanes of at least 4 members (excludes halogenated alkanes) is 1. The number of nitrogens with zero attached hydrogens (tertiary/aromatic N) is 1. The molecule has 0 aliphatic heterocycles. The lowest BCUT2D eigenvalue weighted by Crippen LogP contribution is -2.25. The van der Waals surface area contributed by atoms with E-state index >= 15 is 0 Å². The molecule has 0 aliphatic rings. The zero-order chi connectivity index (χ0) is 13.6. The molecule has 94 valence electrons. The summed E-state index contributed by atoms with van der Waals surface area (Å²) >= 11 is 0. The van der Waals surface area contributed by atoms with Crippen LogP contribution < -0.4 is 10.5 Å². The van der Waals surface area contributed by atoms with Gasteiger partial charge in [-0.25, -0.2) is 13.1 Å². The minimum absolute atomic E-state index is 0.0257. The molecule has 0 spiro atoms. The van der Waals surface area contributed by atoms with Crippen molar-refractivity contribution in [3.63, 3.8) is 0 Å². The van der Waals surface area contributed by atoms with Crippen molar-refractivity contribution in [3.8, 4) is 18.4 Å². The number of hydrogen-bond donors (Lipinski definition) is 2. The van der Waals surface area contributed by atoms with Crippen molar-refractivity contribution in [2.75, 3.05) is 12.3 Å². The average molecular weight is 263 g/mol. The first-order valence-corrected chi connectivity index (χ1v) is 6.72. The number of nitrogens with two attached hydrogens (primary N) is 1. The van der Waals surface area contributed by atoms with Crippen molar-refractivity contribution in [1.29, 1.82) is 5.26 Å². The minimum atomic E-state index is -3.65. The lowest BCUT2D eigenvalue weighted by atomic mass is 10.2.